The van der Waals surface area contributed by atoms with Crippen molar-refractivity contribution in [2.24, 2.45) is 34.5 Å². The lowest BCUT2D eigenvalue weighted by atomic mass is 9.46. The zero-order chi connectivity index (χ0) is 23.4. The Morgan fingerprint density at radius 2 is 2.00 bits per heavy atom. The number of hydrogen-bond acceptors (Lipinski definition) is 5. The van der Waals surface area contributed by atoms with Crippen LogP contribution >= 0.6 is 0 Å². The Labute approximate surface area is 189 Å². The van der Waals surface area contributed by atoms with E-state index in [1.165, 1.54) is 6.08 Å². The van der Waals surface area contributed by atoms with Crippen molar-refractivity contribution in [2.45, 2.75) is 78.5 Å². The Kier molecular flexibility index (Phi) is 5.98. The molecule has 0 heterocycles. The molecule has 5 nitrogen and oxygen atoms in total. The Bertz CT molecular complexity index is 891. The average molecular weight is 447 g/mol. The number of esters is 1. The molecule has 4 aliphatic carbocycles. The van der Waals surface area contributed by atoms with E-state index < -0.39 is 40.8 Å². The fourth-order valence-electron chi connectivity index (χ4n) is 7.58. The van der Waals surface area contributed by atoms with Crippen molar-refractivity contribution in [1.82, 2.24) is 0 Å². The van der Waals surface area contributed by atoms with Crippen LogP contribution in [0.3, 0.4) is 0 Å². The minimum atomic E-state index is -1.25. The maximum atomic E-state index is 15.4. The summed E-state index contributed by atoms with van der Waals surface area (Å²) in [5.41, 5.74) is -0.231. The molecule has 0 spiro atoms. The molecule has 0 aromatic rings. The zero-order valence-electron chi connectivity index (χ0n) is 19.5. The first-order valence-electron chi connectivity index (χ1n) is 12.0. The minimum Gasteiger partial charge on any atom is -0.460 e. The number of ketones is 2. The largest absolute Gasteiger partial charge is 0.460 e. The van der Waals surface area contributed by atoms with Crippen LogP contribution in [0.4, 0.5) is 4.39 Å². The number of fused-ring (bicyclic) bond motifs is 5. The molecule has 0 saturated heterocycles. The fraction of sp³-hybridized carbons (Fsp3) is 0.731. The van der Waals surface area contributed by atoms with Gasteiger partial charge in [0.15, 0.2) is 5.78 Å². The summed E-state index contributed by atoms with van der Waals surface area (Å²) >= 11 is 0. The number of carbonyl (C=O) groups excluding carboxylic acids is 3. The van der Waals surface area contributed by atoms with Gasteiger partial charge in [0, 0.05) is 17.3 Å². The molecular formula is C26H35FO5. The number of alkyl halides is 1. The molecular weight excluding hydrogens is 411 g/mol. The van der Waals surface area contributed by atoms with Crippen molar-refractivity contribution in [3.8, 4) is 0 Å². The van der Waals surface area contributed by atoms with Gasteiger partial charge in [-0.05, 0) is 73.5 Å². The van der Waals surface area contributed by atoms with Gasteiger partial charge in [-0.2, -0.15) is 0 Å². The standard InChI is InChI=1S/C26H35FO5/c1-5-6-9-32-24(31)23(30)17-8-7-16-15-10-19(27)18-11-20(28)14(2)12-26(18,4)22(15)21(29)13-25(16,17)3/h11-12,15-17,19,21-22,29H,5-10,13H2,1-4H3/t15-,16-,17+,19-,21-,22+,25-,26-/m0/s1. The van der Waals surface area contributed by atoms with Crippen LogP contribution < -0.4 is 0 Å². The molecule has 8 atom stereocenters. The molecule has 0 radical (unpaired) electrons. The topological polar surface area (TPSA) is 80.7 Å². The molecule has 0 aliphatic heterocycles. The molecule has 0 aromatic carbocycles. The van der Waals surface area contributed by atoms with Crippen LogP contribution in [0.2, 0.25) is 0 Å². The number of carbonyl (C=O) groups is 3. The van der Waals surface area contributed by atoms with Gasteiger partial charge in [0.05, 0.1) is 12.7 Å². The van der Waals surface area contributed by atoms with Crippen molar-refractivity contribution in [3.05, 3.63) is 23.3 Å². The van der Waals surface area contributed by atoms with Crippen LogP contribution in [-0.2, 0) is 19.1 Å². The SMILES string of the molecule is CCCCOC(=O)C(=O)[C@H]1CC[C@H]2[C@@H]3C[C@H](F)C4=CC(=O)C(C)=C[C@]4(C)[C@H]3[C@@H](O)C[C@]12C. The number of rotatable bonds is 5. The second-order valence-corrected chi connectivity index (χ2v) is 10.8. The third-order valence-electron chi connectivity index (χ3n) is 9.02. The lowest BCUT2D eigenvalue weighted by Crippen LogP contribution is -2.58. The van der Waals surface area contributed by atoms with Crippen molar-refractivity contribution >= 4 is 17.5 Å². The van der Waals surface area contributed by atoms with E-state index >= 15 is 4.39 Å². The van der Waals surface area contributed by atoms with Gasteiger partial charge in [-0.1, -0.05) is 33.3 Å². The second-order valence-electron chi connectivity index (χ2n) is 10.8. The zero-order valence-corrected chi connectivity index (χ0v) is 19.5. The van der Waals surface area contributed by atoms with E-state index in [1.807, 2.05) is 26.8 Å². The summed E-state index contributed by atoms with van der Waals surface area (Å²) < 4.78 is 20.6. The molecule has 3 saturated carbocycles. The van der Waals surface area contributed by atoms with Gasteiger partial charge in [0.1, 0.15) is 6.17 Å². The normalized spacial score (nSPS) is 42.9. The first-order valence-corrected chi connectivity index (χ1v) is 12.0. The smallest absolute Gasteiger partial charge is 0.374 e. The molecule has 4 aliphatic rings. The summed E-state index contributed by atoms with van der Waals surface area (Å²) in [5.74, 6) is -2.26. The van der Waals surface area contributed by atoms with Crippen molar-refractivity contribution in [2.75, 3.05) is 6.61 Å². The molecule has 32 heavy (non-hydrogen) atoms. The first-order chi connectivity index (χ1) is 15.0. The maximum absolute atomic E-state index is 15.4. The lowest BCUT2D eigenvalue weighted by molar-refractivity contribution is -0.162. The van der Waals surface area contributed by atoms with Gasteiger partial charge in [-0.15, -0.1) is 0 Å². The molecule has 0 amide bonds. The van der Waals surface area contributed by atoms with Crippen molar-refractivity contribution in [3.63, 3.8) is 0 Å². The summed E-state index contributed by atoms with van der Waals surface area (Å²) in [6, 6.07) is 0. The number of aliphatic hydroxyl groups excluding tert-OH is 1. The Morgan fingerprint density at radius 3 is 2.69 bits per heavy atom. The monoisotopic (exact) mass is 446 g/mol. The Balaban J connectivity index is 1.63. The molecule has 6 heteroatoms. The number of Topliss-reactive ketones (excluding diaryl/α,β-unsaturated/α-hetero) is 1. The van der Waals surface area contributed by atoms with E-state index in [4.69, 9.17) is 4.74 Å². The van der Waals surface area contributed by atoms with Gasteiger partial charge in [0.25, 0.3) is 0 Å². The molecule has 0 unspecified atom stereocenters. The van der Waals surface area contributed by atoms with E-state index in [-0.39, 0.29) is 36.6 Å². The van der Waals surface area contributed by atoms with Gasteiger partial charge >= 0.3 is 5.97 Å². The second kappa shape index (κ2) is 8.19. The fourth-order valence-corrected chi connectivity index (χ4v) is 7.58. The first kappa shape index (κ1) is 23.3. The number of unbranched alkanes of at least 4 members (excludes halogenated alkanes) is 1. The highest BCUT2D eigenvalue weighted by molar-refractivity contribution is 6.34. The summed E-state index contributed by atoms with van der Waals surface area (Å²) in [5, 5.41) is 11.4. The summed E-state index contributed by atoms with van der Waals surface area (Å²) in [6.07, 6.45) is 4.79. The number of ether oxygens (including phenoxy) is 1. The van der Waals surface area contributed by atoms with E-state index in [2.05, 4.69) is 0 Å². The highest BCUT2D eigenvalue weighted by Crippen LogP contribution is 2.66. The van der Waals surface area contributed by atoms with Crippen LogP contribution in [0.1, 0.15) is 66.2 Å². The van der Waals surface area contributed by atoms with Gasteiger partial charge in [-0.3, -0.25) is 9.59 Å². The van der Waals surface area contributed by atoms with E-state index in [0.717, 1.165) is 12.8 Å². The minimum absolute atomic E-state index is 0.0382. The third-order valence-corrected chi connectivity index (χ3v) is 9.02. The number of hydrogen-bond donors (Lipinski definition) is 1. The summed E-state index contributed by atoms with van der Waals surface area (Å²) in [7, 11) is 0. The molecule has 3 fully saturated rings. The van der Waals surface area contributed by atoms with E-state index in [0.29, 0.717) is 30.4 Å². The third kappa shape index (κ3) is 3.41. The van der Waals surface area contributed by atoms with Crippen molar-refractivity contribution in [1.29, 1.82) is 0 Å². The molecule has 0 aromatic heterocycles. The molecule has 0 bridgehead atoms. The highest BCUT2D eigenvalue weighted by atomic mass is 19.1. The predicted octanol–water partition coefficient (Wildman–Crippen LogP) is 4.13. The van der Waals surface area contributed by atoms with E-state index in [1.54, 1.807) is 6.92 Å². The average Bonchev–Trinajstić information content (AvgIpc) is 3.05. The highest BCUT2D eigenvalue weighted by Gasteiger charge is 2.64. The predicted molar refractivity (Wildman–Crippen MR) is 117 cm³/mol. The van der Waals surface area contributed by atoms with Crippen LogP contribution in [0, 0.1) is 34.5 Å². The van der Waals surface area contributed by atoms with E-state index in [9.17, 15) is 19.5 Å². The summed E-state index contributed by atoms with van der Waals surface area (Å²) in [6.45, 7) is 7.89. The van der Waals surface area contributed by atoms with Crippen molar-refractivity contribution < 1.29 is 28.6 Å². The van der Waals surface area contributed by atoms with Crippen LogP contribution in [-0.4, -0.2) is 41.5 Å². The maximum Gasteiger partial charge on any atom is 0.374 e. The summed E-state index contributed by atoms with van der Waals surface area (Å²) in [4.78, 5) is 37.6. The number of halogens is 1. The van der Waals surface area contributed by atoms with Crippen LogP contribution in [0.5, 0.6) is 0 Å². The Hall–Kier alpha value is -1.82. The number of allylic oxidation sites excluding steroid dienone is 4. The van der Waals surface area contributed by atoms with Crippen LogP contribution in [0.25, 0.3) is 0 Å². The van der Waals surface area contributed by atoms with Gasteiger partial charge < -0.3 is 9.84 Å². The lowest BCUT2D eigenvalue weighted by Gasteiger charge is -2.59. The number of aliphatic hydroxyl groups is 1. The Morgan fingerprint density at radius 1 is 1.28 bits per heavy atom. The van der Waals surface area contributed by atoms with Gasteiger partial charge in [0.2, 0.25) is 5.78 Å². The quantitative estimate of drug-likeness (QED) is 0.390. The van der Waals surface area contributed by atoms with Gasteiger partial charge in [-0.25, -0.2) is 9.18 Å². The molecule has 1 N–H and O–H groups in total. The van der Waals surface area contributed by atoms with Crippen LogP contribution in [0.15, 0.2) is 23.3 Å². The molecule has 4 rings (SSSR count). The molecule has 176 valence electrons.